The third kappa shape index (κ3) is 3.46. The molecule has 0 aliphatic rings. The van der Waals surface area contributed by atoms with E-state index in [1.165, 1.54) is 18.2 Å². The summed E-state index contributed by atoms with van der Waals surface area (Å²) in [5.41, 5.74) is 1.25. The molecule has 0 saturated carbocycles. The van der Waals surface area contributed by atoms with Crippen molar-refractivity contribution in [2.24, 2.45) is 0 Å². The number of benzene rings is 2. The fourth-order valence-electron chi connectivity index (χ4n) is 1.85. The van der Waals surface area contributed by atoms with E-state index < -0.39 is 5.82 Å². The zero-order chi connectivity index (χ0) is 14.7. The van der Waals surface area contributed by atoms with Gasteiger partial charge in [0.25, 0.3) is 5.91 Å². The molecule has 104 valence electrons. The molecule has 0 spiro atoms. The Morgan fingerprint density at radius 1 is 1.15 bits per heavy atom. The van der Waals surface area contributed by atoms with Crippen LogP contribution >= 0.6 is 31.9 Å². The number of hydrogen-bond donors (Lipinski definition) is 1. The Bertz CT molecular complexity index is 646. The highest BCUT2D eigenvalue weighted by atomic mass is 79.9. The van der Waals surface area contributed by atoms with Gasteiger partial charge in [-0.2, -0.15) is 0 Å². The van der Waals surface area contributed by atoms with E-state index in [0.717, 1.165) is 10.0 Å². The summed E-state index contributed by atoms with van der Waals surface area (Å²) in [7, 11) is 0. The molecule has 0 aliphatic carbocycles. The Hall–Kier alpha value is -1.20. The van der Waals surface area contributed by atoms with E-state index in [0.29, 0.717) is 4.47 Å². The van der Waals surface area contributed by atoms with Crippen molar-refractivity contribution in [3.05, 3.63) is 68.4 Å². The van der Waals surface area contributed by atoms with E-state index in [9.17, 15) is 9.18 Å². The van der Waals surface area contributed by atoms with Gasteiger partial charge in [-0.05, 0) is 52.7 Å². The summed E-state index contributed by atoms with van der Waals surface area (Å²) in [4.78, 5) is 12.2. The lowest BCUT2D eigenvalue weighted by Gasteiger charge is -2.16. The highest BCUT2D eigenvalue weighted by Crippen LogP contribution is 2.24. The maximum atomic E-state index is 13.2. The van der Waals surface area contributed by atoms with Gasteiger partial charge < -0.3 is 5.32 Å². The fourth-order valence-corrected chi connectivity index (χ4v) is 2.90. The van der Waals surface area contributed by atoms with Gasteiger partial charge in [0, 0.05) is 8.95 Å². The molecule has 0 fully saturated rings. The summed E-state index contributed by atoms with van der Waals surface area (Å²) in [6.07, 6.45) is 0. The summed E-state index contributed by atoms with van der Waals surface area (Å²) in [6.45, 7) is 1.88. The smallest absolute Gasteiger partial charge is 0.253 e. The summed E-state index contributed by atoms with van der Waals surface area (Å²) >= 11 is 6.70. The van der Waals surface area contributed by atoms with Crippen LogP contribution in [0.15, 0.2) is 51.4 Å². The van der Waals surface area contributed by atoms with E-state index in [4.69, 9.17) is 0 Å². The molecule has 2 aromatic carbocycles. The van der Waals surface area contributed by atoms with Crippen LogP contribution in [0.25, 0.3) is 0 Å². The first kappa shape index (κ1) is 15.2. The van der Waals surface area contributed by atoms with Crippen molar-refractivity contribution in [2.75, 3.05) is 0 Å². The number of halogens is 3. The third-order valence-electron chi connectivity index (χ3n) is 2.89. The first-order valence-electron chi connectivity index (χ1n) is 5.99. The second-order valence-corrected chi connectivity index (χ2v) is 6.05. The molecule has 0 saturated heterocycles. The molecule has 5 heteroatoms. The minimum Gasteiger partial charge on any atom is -0.345 e. The van der Waals surface area contributed by atoms with Gasteiger partial charge in [0.1, 0.15) is 5.82 Å². The highest BCUT2D eigenvalue weighted by molar-refractivity contribution is 9.10. The predicted molar refractivity (Wildman–Crippen MR) is 84.1 cm³/mol. The summed E-state index contributed by atoms with van der Waals surface area (Å²) < 4.78 is 14.7. The van der Waals surface area contributed by atoms with Gasteiger partial charge in [-0.15, -0.1) is 0 Å². The molecule has 0 heterocycles. The molecule has 0 radical (unpaired) electrons. The van der Waals surface area contributed by atoms with Crippen LogP contribution in [0, 0.1) is 5.82 Å². The third-order valence-corrected chi connectivity index (χ3v) is 4.31. The molecule has 2 rings (SSSR count). The maximum Gasteiger partial charge on any atom is 0.253 e. The lowest BCUT2D eigenvalue weighted by Crippen LogP contribution is -2.27. The number of rotatable bonds is 3. The van der Waals surface area contributed by atoms with Gasteiger partial charge in [0.2, 0.25) is 0 Å². The van der Waals surface area contributed by atoms with Gasteiger partial charge in [0.05, 0.1) is 11.6 Å². The molecule has 1 atom stereocenters. The minimum atomic E-state index is -0.438. The van der Waals surface area contributed by atoms with E-state index in [-0.39, 0.29) is 17.5 Å². The number of carbonyl (C=O) groups excluding carboxylic acids is 1. The summed E-state index contributed by atoms with van der Waals surface area (Å²) in [5.74, 6) is -0.758. The molecule has 0 aromatic heterocycles. The molecule has 1 N–H and O–H groups in total. The number of amides is 1. The Kier molecular flexibility index (Phi) is 4.94. The van der Waals surface area contributed by atoms with Crippen LogP contribution < -0.4 is 5.32 Å². The summed E-state index contributed by atoms with van der Waals surface area (Å²) in [6, 6.07) is 11.5. The molecule has 0 aliphatic heterocycles. The first-order chi connectivity index (χ1) is 9.49. The topological polar surface area (TPSA) is 29.1 Å². The number of carbonyl (C=O) groups is 1. The average Bonchev–Trinajstić information content (AvgIpc) is 2.41. The standard InChI is InChI=1S/C15H12Br2FNO/c1-9(11-4-2-3-5-13(11)16)19-15(20)12-8-10(18)6-7-14(12)17/h2-9H,1H3,(H,19,20). The van der Waals surface area contributed by atoms with Crippen LogP contribution in [0.3, 0.4) is 0 Å². The monoisotopic (exact) mass is 399 g/mol. The van der Waals surface area contributed by atoms with Gasteiger partial charge in [-0.3, -0.25) is 4.79 Å². The number of hydrogen-bond acceptors (Lipinski definition) is 1. The van der Waals surface area contributed by atoms with Gasteiger partial charge >= 0.3 is 0 Å². The van der Waals surface area contributed by atoms with Crippen molar-refractivity contribution in [1.29, 1.82) is 0 Å². The van der Waals surface area contributed by atoms with E-state index in [1.54, 1.807) is 0 Å². The lowest BCUT2D eigenvalue weighted by molar-refractivity contribution is 0.0938. The largest absolute Gasteiger partial charge is 0.345 e. The fraction of sp³-hybridized carbons (Fsp3) is 0.133. The van der Waals surface area contributed by atoms with Crippen LogP contribution in [0.2, 0.25) is 0 Å². The molecule has 2 nitrogen and oxygen atoms in total. The van der Waals surface area contributed by atoms with Gasteiger partial charge in [0.15, 0.2) is 0 Å². The first-order valence-corrected chi connectivity index (χ1v) is 7.58. The van der Waals surface area contributed by atoms with Crippen molar-refractivity contribution < 1.29 is 9.18 Å². The minimum absolute atomic E-state index is 0.187. The average molecular weight is 401 g/mol. The van der Waals surface area contributed by atoms with Crippen molar-refractivity contribution >= 4 is 37.8 Å². The van der Waals surface area contributed by atoms with Gasteiger partial charge in [-0.25, -0.2) is 4.39 Å². The number of nitrogens with one attached hydrogen (secondary N) is 1. The quantitative estimate of drug-likeness (QED) is 0.784. The molecule has 1 amide bonds. The normalized spacial score (nSPS) is 12.0. The van der Waals surface area contributed by atoms with Crippen LogP contribution in [-0.2, 0) is 0 Å². The molecular weight excluding hydrogens is 389 g/mol. The maximum absolute atomic E-state index is 13.2. The van der Waals surface area contributed by atoms with Crippen LogP contribution in [0.5, 0.6) is 0 Å². The highest BCUT2D eigenvalue weighted by Gasteiger charge is 2.16. The Labute approximate surface area is 133 Å². The Balaban J connectivity index is 2.20. The molecular formula is C15H12Br2FNO. The Morgan fingerprint density at radius 2 is 1.85 bits per heavy atom. The van der Waals surface area contributed by atoms with Crippen LogP contribution in [-0.4, -0.2) is 5.91 Å². The van der Waals surface area contributed by atoms with Crippen LogP contribution in [0.1, 0.15) is 28.9 Å². The SMILES string of the molecule is CC(NC(=O)c1cc(F)ccc1Br)c1ccccc1Br. The van der Waals surface area contributed by atoms with Crippen molar-refractivity contribution in [3.63, 3.8) is 0 Å². The lowest BCUT2D eigenvalue weighted by atomic mass is 10.1. The summed E-state index contributed by atoms with van der Waals surface area (Å²) in [5, 5.41) is 2.86. The predicted octanol–water partition coefficient (Wildman–Crippen LogP) is 4.84. The zero-order valence-electron chi connectivity index (χ0n) is 10.7. The molecule has 1 unspecified atom stereocenters. The van der Waals surface area contributed by atoms with Gasteiger partial charge in [-0.1, -0.05) is 34.1 Å². The molecule has 0 bridgehead atoms. The van der Waals surface area contributed by atoms with Crippen LogP contribution in [0.4, 0.5) is 4.39 Å². The van der Waals surface area contributed by atoms with E-state index in [2.05, 4.69) is 37.2 Å². The molecule has 2 aromatic rings. The Morgan fingerprint density at radius 3 is 2.55 bits per heavy atom. The van der Waals surface area contributed by atoms with Crippen molar-refractivity contribution in [2.45, 2.75) is 13.0 Å². The second-order valence-electron chi connectivity index (χ2n) is 4.34. The van der Waals surface area contributed by atoms with E-state index >= 15 is 0 Å². The van der Waals surface area contributed by atoms with E-state index in [1.807, 2.05) is 31.2 Å². The zero-order valence-corrected chi connectivity index (χ0v) is 13.8. The van der Waals surface area contributed by atoms with Crippen molar-refractivity contribution in [3.8, 4) is 0 Å². The second kappa shape index (κ2) is 6.50. The molecule has 20 heavy (non-hydrogen) atoms. The van der Waals surface area contributed by atoms with Crippen molar-refractivity contribution in [1.82, 2.24) is 5.32 Å².